The van der Waals surface area contributed by atoms with E-state index in [-0.39, 0.29) is 5.78 Å². The first-order valence-corrected chi connectivity index (χ1v) is 7.21. The fourth-order valence-electron chi connectivity index (χ4n) is 3.97. The zero-order chi connectivity index (χ0) is 12.9. The van der Waals surface area contributed by atoms with Crippen molar-refractivity contribution in [3.05, 3.63) is 22.9 Å². The molecule has 1 saturated carbocycles. The van der Waals surface area contributed by atoms with Crippen molar-refractivity contribution >= 4 is 5.78 Å². The van der Waals surface area contributed by atoms with Gasteiger partial charge in [-0.25, -0.2) is 0 Å². The summed E-state index contributed by atoms with van der Waals surface area (Å²) < 4.78 is 0. The van der Waals surface area contributed by atoms with E-state index in [2.05, 4.69) is 26.1 Å². The van der Waals surface area contributed by atoms with Crippen molar-refractivity contribution in [1.82, 2.24) is 5.32 Å². The molecule has 0 aliphatic heterocycles. The third kappa shape index (κ3) is 1.82. The van der Waals surface area contributed by atoms with Gasteiger partial charge in [-0.1, -0.05) is 25.0 Å². The number of rotatable bonds is 2. The predicted molar refractivity (Wildman–Crippen MR) is 73.1 cm³/mol. The van der Waals surface area contributed by atoms with Gasteiger partial charge in [0.1, 0.15) is 0 Å². The third-order valence-corrected chi connectivity index (χ3v) is 5.09. The Morgan fingerprint density at radius 3 is 2.78 bits per heavy atom. The molecule has 2 nitrogen and oxygen atoms in total. The summed E-state index contributed by atoms with van der Waals surface area (Å²) in [5, 5.41) is 3.62. The number of carbonyl (C=O) groups is 1. The van der Waals surface area contributed by atoms with Crippen LogP contribution >= 0.6 is 0 Å². The van der Waals surface area contributed by atoms with Crippen molar-refractivity contribution in [1.29, 1.82) is 0 Å². The molecule has 2 atom stereocenters. The molecule has 18 heavy (non-hydrogen) atoms. The number of nitrogens with one attached hydrogen (secondary N) is 1. The topological polar surface area (TPSA) is 29.1 Å². The minimum absolute atomic E-state index is 0.287. The number of ketones is 1. The lowest BCUT2D eigenvalue weighted by atomic mass is 9.94. The van der Waals surface area contributed by atoms with Crippen LogP contribution in [0.15, 0.2) is 22.9 Å². The molecule has 0 unspecified atom stereocenters. The summed E-state index contributed by atoms with van der Waals surface area (Å²) in [6.07, 6.45) is 7.12. The first kappa shape index (κ1) is 12.0. The Balaban J connectivity index is 1.75. The molecule has 0 spiro atoms. The first-order chi connectivity index (χ1) is 8.50. The fourth-order valence-corrected chi connectivity index (χ4v) is 3.97. The van der Waals surface area contributed by atoms with Crippen LogP contribution in [0.4, 0.5) is 0 Å². The van der Waals surface area contributed by atoms with E-state index in [1.807, 2.05) is 6.08 Å². The van der Waals surface area contributed by atoms with Gasteiger partial charge in [-0.15, -0.1) is 0 Å². The molecule has 0 saturated heterocycles. The normalized spacial score (nSPS) is 33.9. The lowest BCUT2D eigenvalue weighted by Crippen LogP contribution is -2.32. The molecule has 2 heteroatoms. The van der Waals surface area contributed by atoms with Gasteiger partial charge in [-0.05, 0) is 43.9 Å². The predicted octanol–water partition coefficient (Wildman–Crippen LogP) is 3.35. The van der Waals surface area contributed by atoms with Gasteiger partial charge in [-0.3, -0.25) is 4.79 Å². The molecule has 3 rings (SSSR count). The van der Waals surface area contributed by atoms with Gasteiger partial charge in [0, 0.05) is 24.2 Å². The monoisotopic (exact) mass is 245 g/mol. The molecular weight excluding hydrogens is 222 g/mol. The second kappa shape index (κ2) is 3.97. The zero-order valence-electron chi connectivity index (χ0n) is 11.7. The molecule has 0 bridgehead atoms. The number of fused-ring (bicyclic) bond motifs is 1. The standard InChI is InChI=1S/C16H23NO/c1-10-14(8-7-13-15(10)16(13,2)3)17-11-5-4-6-12(18)9-11/h9,13-14,17H,4-8H2,1-3H3/t13-,14+/m1/s1. The Morgan fingerprint density at radius 2 is 2.06 bits per heavy atom. The van der Waals surface area contributed by atoms with Crippen LogP contribution < -0.4 is 5.32 Å². The van der Waals surface area contributed by atoms with Crippen LogP contribution in [0.1, 0.15) is 52.9 Å². The van der Waals surface area contributed by atoms with Gasteiger partial charge in [0.05, 0.1) is 0 Å². The van der Waals surface area contributed by atoms with E-state index in [9.17, 15) is 4.79 Å². The summed E-state index contributed by atoms with van der Waals surface area (Å²) in [5.41, 5.74) is 4.81. The highest BCUT2D eigenvalue weighted by atomic mass is 16.1. The van der Waals surface area contributed by atoms with E-state index >= 15 is 0 Å². The quantitative estimate of drug-likeness (QED) is 0.756. The Kier molecular flexibility index (Phi) is 2.65. The van der Waals surface area contributed by atoms with Crippen LogP contribution in [0.2, 0.25) is 0 Å². The zero-order valence-corrected chi connectivity index (χ0v) is 11.7. The van der Waals surface area contributed by atoms with Gasteiger partial charge in [0.15, 0.2) is 5.78 Å². The smallest absolute Gasteiger partial charge is 0.157 e. The SMILES string of the molecule is CC1=C2[C@@H](CC[C@@H]1NC1=CC(=O)CCC1)C2(C)C. The fraction of sp³-hybridized carbons (Fsp3) is 0.688. The van der Waals surface area contributed by atoms with Crippen LogP contribution in [-0.4, -0.2) is 11.8 Å². The van der Waals surface area contributed by atoms with E-state index in [1.165, 1.54) is 18.4 Å². The lowest BCUT2D eigenvalue weighted by Gasteiger charge is -2.26. The molecular formula is C16H23NO. The molecule has 3 aliphatic rings. The van der Waals surface area contributed by atoms with Crippen molar-refractivity contribution in [2.75, 3.05) is 0 Å². The van der Waals surface area contributed by atoms with Gasteiger partial charge in [-0.2, -0.15) is 0 Å². The maximum Gasteiger partial charge on any atom is 0.157 e. The van der Waals surface area contributed by atoms with Gasteiger partial charge >= 0.3 is 0 Å². The Hall–Kier alpha value is -1.05. The summed E-state index contributed by atoms with van der Waals surface area (Å²) >= 11 is 0. The van der Waals surface area contributed by atoms with Crippen molar-refractivity contribution in [3.63, 3.8) is 0 Å². The molecule has 0 aromatic heterocycles. The molecule has 0 aromatic rings. The van der Waals surface area contributed by atoms with E-state index < -0.39 is 0 Å². The molecule has 0 amide bonds. The highest BCUT2D eigenvalue weighted by molar-refractivity contribution is 5.91. The second-order valence-electron chi connectivity index (χ2n) is 6.63. The van der Waals surface area contributed by atoms with E-state index in [4.69, 9.17) is 0 Å². The van der Waals surface area contributed by atoms with Gasteiger partial charge in [0.2, 0.25) is 0 Å². The number of hydrogen-bond donors (Lipinski definition) is 1. The van der Waals surface area contributed by atoms with Crippen LogP contribution in [0, 0.1) is 11.3 Å². The minimum atomic E-state index is 0.287. The summed E-state index contributed by atoms with van der Waals surface area (Å²) in [4.78, 5) is 11.4. The van der Waals surface area contributed by atoms with Crippen LogP contribution in [0.3, 0.4) is 0 Å². The van der Waals surface area contributed by atoms with Gasteiger partial charge < -0.3 is 5.32 Å². The number of carbonyl (C=O) groups excluding carboxylic acids is 1. The Labute approximate surface area is 110 Å². The van der Waals surface area contributed by atoms with Crippen LogP contribution in [0.5, 0.6) is 0 Å². The highest BCUT2D eigenvalue weighted by Gasteiger charge is 2.55. The molecule has 1 fully saturated rings. The maximum atomic E-state index is 11.4. The molecule has 0 heterocycles. The van der Waals surface area contributed by atoms with Crippen LogP contribution in [0.25, 0.3) is 0 Å². The maximum absolute atomic E-state index is 11.4. The van der Waals surface area contributed by atoms with Crippen molar-refractivity contribution in [2.24, 2.45) is 11.3 Å². The van der Waals surface area contributed by atoms with Crippen molar-refractivity contribution in [2.45, 2.75) is 58.9 Å². The largest absolute Gasteiger partial charge is 0.382 e. The number of hydrogen-bond acceptors (Lipinski definition) is 2. The highest BCUT2D eigenvalue weighted by Crippen LogP contribution is 2.63. The Bertz CT molecular complexity index is 456. The summed E-state index contributed by atoms with van der Waals surface area (Å²) in [6, 6.07) is 0.468. The van der Waals surface area contributed by atoms with Crippen molar-refractivity contribution in [3.8, 4) is 0 Å². The second-order valence-corrected chi connectivity index (χ2v) is 6.63. The van der Waals surface area contributed by atoms with E-state index in [1.54, 1.807) is 5.57 Å². The molecule has 1 N–H and O–H groups in total. The van der Waals surface area contributed by atoms with Gasteiger partial charge in [0.25, 0.3) is 0 Å². The average molecular weight is 245 g/mol. The molecule has 3 aliphatic carbocycles. The average Bonchev–Trinajstić information content (AvgIpc) is 2.86. The first-order valence-electron chi connectivity index (χ1n) is 7.21. The summed E-state index contributed by atoms with van der Waals surface area (Å²) in [7, 11) is 0. The summed E-state index contributed by atoms with van der Waals surface area (Å²) in [6.45, 7) is 7.00. The molecule has 0 radical (unpaired) electrons. The lowest BCUT2D eigenvalue weighted by molar-refractivity contribution is -0.115. The Morgan fingerprint density at radius 1 is 1.28 bits per heavy atom. The third-order valence-electron chi connectivity index (χ3n) is 5.09. The van der Waals surface area contributed by atoms with E-state index in [0.717, 1.165) is 30.9 Å². The van der Waals surface area contributed by atoms with E-state index in [0.29, 0.717) is 11.5 Å². The minimum Gasteiger partial charge on any atom is -0.382 e. The number of allylic oxidation sites excluding steroid dienone is 3. The summed E-state index contributed by atoms with van der Waals surface area (Å²) in [5.74, 6) is 1.12. The van der Waals surface area contributed by atoms with Crippen LogP contribution in [-0.2, 0) is 4.79 Å². The van der Waals surface area contributed by atoms with Crippen molar-refractivity contribution < 1.29 is 4.79 Å². The molecule has 98 valence electrons. The molecule has 0 aromatic carbocycles.